The van der Waals surface area contributed by atoms with Crippen molar-refractivity contribution in [3.8, 4) is 0 Å². The molecular formula is C19H24O3. The molecule has 1 aliphatic rings. The molecule has 0 bridgehead atoms. The van der Waals surface area contributed by atoms with Crippen LogP contribution in [0.1, 0.15) is 50.5 Å². The zero-order chi connectivity index (χ0) is 15.8. The van der Waals surface area contributed by atoms with Crippen molar-refractivity contribution >= 4 is 11.8 Å². The zero-order valence-electron chi connectivity index (χ0n) is 13.2. The first-order valence-corrected chi connectivity index (χ1v) is 8.13. The highest BCUT2D eigenvalue weighted by Gasteiger charge is 2.30. The van der Waals surface area contributed by atoms with Crippen LogP contribution < -0.4 is 0 Å². The average Bonchev–Trinajstić information content (AvgIpc) is 2.54. The van der Waals surface area contributed by atoms with Crippen molar-refractivity contribution in [2.24, 2.45) is 5.92 Å². The summed E-state index contributed by atoms with van der Waals surface area (Å²) in [6.07, 6.45) is 7.78. The minimum absolute atomic E-state index is 0.0722. The Hall–Kier alpha value is -1.90. The lowest BCUT2D eigenvalue weighted by atomic mass is 9.74. The van der Waals surface area contributed by atoms with E-state index in [2.05, 4.69) is 12.1 Å². The molecule has 0 heterocycles. The summed E-state index contributed by atoms with van der Waals surface area (Å²) in [7, 11) is 0. The van der Waals surface area contributed by atoms with Gasteiger partial charge in [0.15, 0.2) is 0 Å². The van der Waals surface area contributed by atoms with Gasteiger partial charge in [0.25, 0.3) is 0 Å². The first kappa shape index (κ1) is 16.5. The number of rotatable bonds is 6. The summed E-state index contributed by atoms with van der Waals surface area (Å²) in [5.41, 5.74) is 1.18. The van der Waals surface area contributed by atoms with Crippen LogP contribution in [0.4, 0.5) is 0 Å². The van der Waals surface area contributed by atoms with Gasteiger partial charge in [0.2, 0.25) is 0 Å². The van der Waals surface area contributed by atoms with Crippen LogP contribution in [0.15, 0.2) is 42.5 Å². The van der Waals surface area contributed by atoms with Gasteiger partial charge in [0, 0.05) is 18.4 Å². The molecule has 2 atom stereocenters. The molecular weight excluding hydrogens is 276 g/mol. The third-order valence-electron chi connectivity index (χ3n) is 4.25. The first-order chi connectivity index (χ1) is 10.7. The summed E-state index contributed by atoms with van der Waals surface area (Å²) in [5, 5.41) is 0. The molecule has 0 aromatic heterocycles. The monoisotopic (exact) mass is 300 g/mol. The van der Waals surface area contributed by atoms with E-state index >= 15 is 0 Å². The van der Waals surface area contributed by atoms with E-state index in [0.717, 1.165) is 19.3 Å². The Kier molecular flexibility index (Phi) is 6.38. The predicted octanol–water partition coefficient (Wildman–Crippen LogP) is 4.04. The molecule has 2 rings (SSSR count). The molecule has 1 aliphatic carbocycles. The lowest BCUT2D eigenvalue weighted by Crippen LogP contribution is -2.25. The summed E-state index contributed by atoms with van der Waals surface area (Å²) < 4.78 is 4.90. The number of carbonyl (C=O) groups is 2. The number of hydrogen-bond acceptors (Lipinski definition) is 3. The minimum atomic E-state index is -0.315. The van der Waals surface area contributed by atoms with E-state index in [1.807, 2.05) is 24.3 Å². The summed E-state index contributed by atoms with van der Waals surface area (Å²) in [5.74, 6) is 0.275. The second-order valence-corrected chi connectivity index (χ2v) is 5.73. The van der Waals surface area contributed by atoms with Crippen molar-refractivity contribution in [1.29, 1.82) is 0 Å². The van der Waals surface area contributed by atoms with Gasteiger partial charge in [0.1, 0.15) is 5.78 Å². The zero-order valence-corrected chi connectivity index (χ0v) is 13.2. The second kappa shape index (κ2) is 8.52. The third-order valence-corrected chi connectivity index (χ3v) is 4.25. The Morgan fingerprint density at radius 2 is 2.09 bits per heavy atom. The molecule has 1 aromatic carbocycles. The highest BCUT2D eigenvalue weighted by atomic mass is 16.5. The minimum Gasteiger partial charge on any atom is -0.463 e. The lowest BCUT2D eigenvalue weighted by Gasteiger charge is -2.29. The molecule has 0 unspecified atom stereocenters. The van der Waals surface area contributed by atoms with E-state index in [-0.39, 0.29) is 17.8 Å². The van der Waals surface area contributed by atoms with E-state index in [1.165, 1.54) is 11.6 Å². The predicted molar refractivity (Wildman–Crippen MR) is 86.5 cm³/mol. The molecule has 0 N–H and O–H groups in total. The Balaban J connectivity index is 2.11. The van der Waals surface area contributed by atoms with Gasteiger partial charge < -0.3 is 4.74 Å². The molecule has 0 radical (unpaired) electrons. The first-order valence-electron chi connectivity index (χ1n) is 8.13. The fourth-order valence-corrected chi connectivity index (χ4v) is 3.17. The maximum atomic E-state index is 12.3. The normalized spacial score (nSPS) is 20.0. The topological polar surface area (TPSA) is 43.4 Å². The standard InChI is InChI=1S/C19H24O3/c1-2-22-19(21)14-8-12-16(15-9-4-3-5-10-15)17-11-6-7-13-18(17)20/h3-5,8-10,14,16-17H,2,6-7,11-13H2,1H3/b14-8+/t16-,17-/m0/s1. The number of Topliss-reactive ketones (excluding diaryl/α,β-unsaturated/α-hetero) is 1. The summed E-state index contributed by atoms with van der Waals surface area (Å²) in [6.45, 7) is 2.17. The molecule has 118 valence electrons. The largest absolute Gasteiger partial charge is 0.463 e. The van der Waals surface area contributed by atoms with Crippen LogP contribution in [0.25, 0.3) is 0 Å². The maximum absolute atomic E-state index is 12.3. The maximum Gasteiger partial charge on any atom is 0.330 e. The molecule has 3 nitrogen and oxygen atoms in total. The summed E-state index contributed by atoms with van der Waals surface area (Å²) in [6, 6.07) is 10.1. The number of ketones is 1. The van der Waals surface area contributed by atoms with Gasteiger partial charge >= 0.3 is 5.97 Å². The molecule has 0 saturated heterocycles. The van der Waals surface area contributed by atoms with Crippen molar-refractivity contribution in [1.82, 2.24) is 0 Å². The summed E-state index contributed by atoms with van der Waals surface area (Å²) in [4.78, 5) is 23.7. The fourth-order valence-electron chi connectivity index (χ4n) is 3.17. The van der Waals surface area contributed by atoms with Gasteiger partial charge in [-0.15, -0.1) is 0 Å². The number of ether oxygens (including phenoxy) is 1. The van der Waals surface area contributed by atoms with Gasteiger partial charge in [-0.2, -0.15) is 0 Å². The van der Waals surface area contributed by atoms with E-state index in [1.54, 1.807) is 6.92 Å². The van der Waals surface area contributed by atoms with Gasteiger partial charge in [-0.3, -0.25) is 4.79 Å². The van der Waals surface area contributed by atoms with E-state index in [4.69, 9.17) is 4.74 Å². The Bertz CT molecular complexity index is 519. The van der Waals surface area contributed by atoms with Gasteiger partial charge in [-0.05, 0) is 37.7 Å². The van der Waals surface area contributed by atoms with Crippen molar-refractivity contribution in [2.45, 2.75) is 44.9 Å². The van der Waals surface area contributed by atoms with Crippen LogP contribution in [-0.2, 0) is 14.3 Å². The molecule has 0 spiro atoms. The van der Waals surface area contributed by atoms with Crippen LogP contribution in [0.5, 0.6) is 0 Å². The Labute approximate surface area is 132 Å². The van der Waals surface area contributed by atoms with Crippen LogP contribution in [0, 0.1) is 5.92 Å². The summed E-state index contributed by atoms with van der Waals surface area (Å²) >= 11 is 0. The highest BCUT2D eigenvalue weighted by Crippen LogP contribution is 2.36. The Morgan fingerprint density at radius 3 is 2.77 bits per heavy atom. The van der Waals surface area contributed by atoms with Crippen LogP contribution in [-0.4, -0.2) is 18.4 Å². The van der Waals surface area contributed by atoms with Crippen molar-refractivity contribution in [2.75, 3.05) is 6.61 Å². The van der Waals surface area contributed by atoms with E-state index < -0.39 is 0 Å². The molecule has 3 heteroatoms. The molecule has 1 saturated carbocycles. The van der Waals surface area contributed by atoms with Crippen LogP contribution in [0.2, 0.25) is 0 Å². The lowest BCUT2D eigenvalue weighted by molar-refractivity contribution is -0.137. The van der Waals surface area contributed by atoms with E-state index in [9.17, 15) is 9.59 Å². The number of hydrogen-bond donors (Lipinski definition) is 0. The van der Waals surface area contributed by atoms with Crippen molar-refractivity contribution in [3.63, 3.8) is 0 Å². The smallest absolute Gasteiger partial charge is 0.330 e. The molecule has 0 amide bonds. The van der Waals surface area contributed by atoms with Gasteiger partial charge in [-0.1, -0.05) is 42.8 Å². The van der Waals surface area contributed by atoms with Gasteiger partial charge in [0.05, 0.1) is 6.61 Å². The highest BCUT2D eigenvalue weighted by molar-refractivity contribution is 5.83. The quantitative estimate of drug-likeness (QED) is 0.588. The number of allylic oxidation sites excluding steroid dienone is 1. The number of esters is 1. The second-order valence-electron chi connectivity index (χ2n) is 5.73. The third kappa shape index (κ3) is 4.55. The number of benzene rings is 1. The molecule has 0 aliphatic heterocycles. The van der Waals surface area contributed by atoms with Crippen LogP contribution in [0.3, 0.4) is 0 Å². The van der Waals surface area contributed by atoms with Crippen molar-refractivity contribution < 1.29 is 14.3 Å². The van der Waals surface area contributed by atoms with Crippen molar-refractivity contribution in [3.05, 3.63) is 48.0 Å². The number of carbonyl (C=O) groups excluding carboxylic acids is 2. The average molecular weight is 300 g/mol. The SMILES string of the molecule is CCOC(=O)/C=C/C[C@@H](c1ccccc1)[C@@H]1CCCCC1=O. The molecule has 1 aromatic rings. The fraction of sp³-hybridized carbons (Fsp3) is 0.474. The molecule has 1 fully saturated rings. The van der Waals surface area contributed by atoms with Gasteiger partial charge in [-0.25, -0.2) is 4.79 Å². The Morgan fingerprint density at radius 1 is 1.32 bits per heavy atom. The van der Waals surface area contributed by atoms with Crippen LogP contribution >= 0.6 is 0 Å². The molecule has 22 heavy (non-hydrogen) atoms. The van der Waals surface area contributed by atoms with E-state index in [0.29, 0.717) is 25.2 Å².